The summed E-state index contributed by atoms with van der Waals surface area (Å²) >= 11 is 0. The molecular weight excluding hydrogens is 1360 g/mol. The van der Waals surface area contributed by atoms with Gasteiger partial charge in [-0.2, -0.15) is 0 Å². The number of aliphatic hydroxyl groups excluding tert-OH is 11. The van der Waals surface area contributed by atoms with Crippen molar-refractivity contribution in [2.75, 3.05) is 26.4 Å². The molecule has 3 aliphatic rings. The van der Waals surface area contributed by atoms with Crippen LogP contribution >= 0.6 is 0 Å². The Morgan fingerprint density at radius 1 is 0.346 bits per heavy atom. The molecule has 17 atom stereocenters. The van der Waals surface area contributed by atoms with Gasteiger partial charge in [0.05, 0.1) is 38.6 Å². The first-order valence-electron chi connectivity index (χ1n) is 42.6. The van der Waals surface area contributed by atoms with Crippen LogP contribution in [0.4, 0.5) is 0 Å². The van der Waals surface area contributed by atoms with Crippen LogP contribution in [-0.2, 0) is 33.2 Å². The van der Waals surface area contributed by atoms with E-state index in [1.165, 1.54) is 180 Å². The Morgan fingerprint density at radius 2 is 0.654 bits per heavy atom. The molecule has 3 saturated heterocycles. The Labute approximate surface area is 646 Å². The lowest BCUT2D eigenvalue weighted by atomic mass is 9.96. The van der Waals surface area contributed by atoms with Gasteiger partial charge in [-0.1, -0.05) is 316 Å². The van der Waals surface area contributed by atoms with E-state index in [-0.39, 0.29) is 18.9 Å². The second kappa shape index (κ2) is 67.0. The predicted molar refractivity (Wildman–Crippen MR) is 429 cm³/mol. The Bertz CT molecular complexity index is 2360. The Morgan fingerprint density at radius 3 is 1.05 bits per heavy atom. The zero-order chi connectivity index (χ0) is 77.4. The lowest BCUT2D eigenvalue weighted by Gasteiger charge is -2.48. The third kappa shape index (κ3) is 46.3. The number of hydrogen-bond donors (Lipinski definition) is 12. The fourth-order valence-corrected chi connectivity index (χ4v) is 13.8. The van der Waals surface area contributed by atoms with Crippen LogP contribution in [0.3, 0.4) is 0 Å². The second-order valence-electron chi connectivity index (χ2n) is 29.9. The maximum atomic E-state index is 13.5. The first-order chi connectivity index (χ1) is 52.3. The maximum Gasteiger partial charge on any atom is 0.220 e. The average molecular weight is 1510 g/mol. The number of ether oxygens (including phenoxy) is 6. The van der Waals surface area contributed by atoms with Gasteiger partial charge in [-0.25, -0.2) is 0 Å². The molecule has 0 aromatic heterocycles. The molecule has 0 aromatic carbocycles. The lowest BCUT2D eigenvalue weighted by Crippen LogP contribution is -2.66. The van der Waals surface area contributed by atoms with Gasteiger partial charge >= 0.3 is 0 Å². The largest absolute Gasteiger partial charge is 0.394 e. The summed E-state index contributed by atoms with van der Waals surface area (Å²) in [6, 6.07) is -1.01. The van der Waals surface area contributed by atoms with Gasteiger partial charge in [0, 0.05) is 6.42 Å². The van der Waals surface area contributed by atoms with Crippen LogP contribution in [0.5, 0.6) is 0 Å². The highest BCUT2D eigenvalue weighted by molar-refractivity contribution is 5.76. The maximum absolute atomic E-state index is 13.5. The van der Waals surface area contributed by atoms with E-state index in [4.69, 9.17) is 28.4 Å². The van der Waals surface area contributed by atoms with E-state index >= 15 is 0 Å². The Balaban J connectivity index is 1.38. The Kier molecular flexibility index (Phi) is 61.1. The molecule has 3 heterocycles. The molecule has 3 aliphatic heterocycles. The van der Waals surface area contributed by atoms with Gasteiger partial charge in [0.15, 0.2) is 18.9 Å². The first-order valence-corrected chi connectivity index (χ1v) is 42.6. The van der Waals surface area contributed by atoms with Crippen molar-refractivity contribution >= 4 is 5.91 Å². The third-order valence-electron chi connectivity index (χ3n) is 20.5. The van der Waals surface area contributed by atoms with Crippen LogP contribution in [0.15, 0.2) is 109 Å². The van der Waals surface area contributed by atoms with Crippen LogP contribution < -0.4 is 5.32 Å². The summed E-state index contributed by atoms with van der Waals surface area (Å²) in [5.41, 5.74) is 0. The summed E-state index contributed by atoms with van der Waals surface area (Å²) in [5, 5.41) is 121. The molecule has 3 fully saturated rings. The third-order valence-corrected chi connectivity index (χ3v) is 20.5. The van der Waals surface area contributed by atoms with Gasteiger partial charge in [0.25, 0.3) is 0 Å². The van der Waals surface area contributed by atoms with E-state index in [9.17, 15) is 61.0 Å². The van der Waals surface area contributed by atoms with Gasteiger partial charge < -0.3 is 89.9 Å². The fraction of sp³-hybridized carbons (Fsp3) is 0.784. The van der Waals surface area contributed by atoms with Gasteiger partial charge in [-0.05, 0) is 96.3 Å². The minimum absolute atomic E-state index is 0.223. The fourth-order valence-electron chi connectivity index (χ4n) is 13.8. The molecule has 107 heavy (non-hydrogen) atoms. The zero-order valence-electron chi connectivity index (χ0n) is 66.3. The van der Waals surface area contributed by atoms with E-state index in [1.807, 2.05) is 6.08 Å². The molecule has 19 nitrogen and oxygen atoms in total. The summed E-state index contributed by atoms with van der Waals surface area (Å²) in [4.78, 5) is 13.5. The molecule has 618 valence electrons. The highest BCUT2D eigenvalue weighted by Gasteiger charge is 2.54. The lowest BCUT2D eigenvalue weighted by molar-refractivity contribution is -0.379. The predicted octanol–water partition coefficient (Wildman–Crippen LogP) is 15.3. The number of unbranched alkanes of at least 4 members (excludes halogenated alkanes) is 35. The van der Waals surface area contributed by atoms with E-state index in [1.54, 1.807) is 6.08 Å². The van der Waals surface area contributed by atoms with Crippen molar-refractivity contribution in [1.82, 2.24) is 5.32 Å². The minimum atomic E-state index is -1.99. The zero-order valence-corrected chi connectivity index (χ0v) is 66.3. The highest BCUT2D eigenvalue weighted by atomic mass is 16.8. The smallest absolute Gasteiger partial charge is 0.220 e. The average Bonchev–Trinajstić information content (AvgIpc) is 0.780. The summed E-state index contributed by atoms with van der Waals surface area (Å²) in [6.07, 6.45) is 66.5. The van der Waals surface area contributed by atoms with Gasteiger partial charge in [-0.3, -0.25) is 4.79 Å². The van der Waals surface area contributed by atoms with E-state index in [0.29, 0.717) is 12.8 Å². The van der Waals surface area contributed by atoms with Crippen LogP contribution in [0, 0.1) is 0 Å². The van der Waals surface area contributed by atoms with Gasteiger partial charge in [0.1, 0.15) is 73.2 Å². The minimum Gasteiger partial charge on any atom is -0.394 e. The van der Waals surface area contributed by atoms with Crippen molar-refractivity contribution in [3.63, 3.8) is 0 Å². The number of aliphatic hydroxyl groups is 11. The Hall–Kier alpha value is -3.55. The molecular formula is C88H153NO18. The number of rotatable bonds is 67. The molecule has 12 N–H and O–H groups in total. The molecule has 0 aliphatic carbocycles. The molecule has 0 spiro atoms. The molecule has 0 bridgehead atoms. The van der Waals surface area contributed by atoms with Crippen LogP contribution in [0.2, 0.25) is 0 Å². The molecule has 1 amide bonds. The van der Waals surface area contributed by atoms with Crippen molar-refractivity contribution in [2.45, 2.75) is 413 Å². The van der Waals surface area contributed by atoms with Crippen molar-refractivity contribution in [2.24, 2.45) is 0 Å². The SMILES string of the molecule is CC/C=C\C/C=C\C/C=C\C/C=C\C/C=C\C/C=C\CCCCCCCCCCCCCCC(=O)NC(COC1OC(CO)C(OC2OC(CO)C(OC3OC(CO)C(O)C(O)C3O)C(O)C2O)C(O)C1O)C(O)/C=C/CC/C=C/CC/C=C/CCCCCCCCCCCCCCCCCCCCCCC. The number of carbonyl (C=O) groups is 1. The molecule has 3 rings (SSSR count). The first kappa shape index (κ1) is 97.6. The molecule has 0 aromatic rings. The molecule has 17 unspecified atom stereocenters. The van der Waals surface area contributed by atoms with Gasteiger partial charge in [-0.15, -0.1) is 0 Å². The van der Waals surface area contributed by atoms with Crippen molar-refractivity contribution < 1.29 is 89.4 Å². The summed E-state index contributed by atoms with van der Waals surface area (Å²) < 4.78 is 34.5. The number of amides is 1. The second-order valence-corrected chi connectivity index (χ2v) is 29.9. The molecule has 19 heteroatoms. The summed E-state index contributed by atoms with van der Waals surface area (Å²) in [5.74, 6) is -0.293. The standard InChI is InChI=1S/C88H153NO18/c1-3-5-7-9-11-13-15-17-19-21-23-25-27-29-31-33-35-37-39-41-43-45-47-49-51-53-55-57-59-61-63-65-72(93)71(89-76(94)66-64-62-60-58-56-54-52-50-48-46-44-42-40-38-36-34-32-30-28-26-24-22-20-18-16-14-12-10-8-6-4-2)70-102-86-82(100)79(97)84(74(68-91)104-86)107-88-83(101)80(98)85(75(69-92)105-88)106-87-81(99)78(96)77(95)73(67-90)103-87/h6,8,12,14,18,20,24,26,30,32,36,38,47,49,55,57,63,65,71-75,77-88,90-93,95-101H,3-5,7,9-11,13,15-17,19,21-23,25,27-29,31,33-35,37,39-46,48,50-54,56,58-62,64,66-70H2,1-2H3,(H,89,94)/b8-6-,14-12-,20-18-,26-24-,32-30-,38-36-,49-47+,57-55+,65-63+. The normalized spacial score (nSPS) is 26.1. The van der Waals surface area contributed by atoms with Crippen molar-refractivity contribution in [1.29, 1.82) is 0 Å². The monoisotopic (exact) mass is 1510 g/mol. The summed E-state index contributed by atoms with van der Waals surface area (Å²) in [6.45, 7) is 1.62. The number of nitrogens with one attached hydrogen (secondary N) is 1. The number of carbonyl (C=O) groups excluding carboxylic acids is 1. The van der Waals surface area contributed by atoms with Crippen LogP contribution in [0.25, 0.3) is 0 Å². The topological polar surface area (TPSA) is 307 Å². The van der Waals surface area contributed by atoms with Crippen LogP contribution in [-0.4, -0.2) is 193 Å². The molecule has 0 radical (unpaired) electrons. The highest BCUT2D eigenvalue weighted by Crippen LogP contribution is 2.33. The van der Waals surface area contributed by atoms with Crippen LogP contribution in [0.1, 0.15) is 309 Å². The van der Waals surface area contributed by atoms with Gasteiger partial charge in [0.2, 0.25) is 5.91 Å². The van der Waals surface area contributed by atoms with E-state index in [0.717, 1.165) is 96.3 Å². The van der Waals surface area contributed by atoms with E-state index in [2.05, 4.69) is 116 Å². The van der Waals surface area contributed by atoms with Crippen molar-refractivity contribution in [3.05, 3.63) is 109 Å². The number of hydrogen-bond acceptors (Lipinski definition) is 18. The number of allylic oxidation sites excluding steroid dienone is 17. The van der Waals surface area contributed by atoms with Crippen molar-refractivity contribution in [3.8, 4) is 0 Å². The molecule has 0 saturated carbocycles. The summed E-state index contributed by atoms with van der Waals surface area (Å²) in [7, 11) is 0. The van der Waals surface area contributed by atoms with E-state index < -0.39 is 124 Å². The quantitative estimate of drug-likeness (QED) is 0.0199.